The van der Waals surface area contributed by atoms with E-state index in [0.717, 1.165) is 17.1 Å². The Kier molecular flexibility index (Phi) is 4.71. The SMILES string of the molecule is COC/C=C/c1ccc(OC)c(OC)c1. The Hall–Kier alpha value is -1.48. The predicted octanol–water partition coefficient (Wildman–Crippen LogP) is 2.36. The summed E-state index contributed by atoms with van der Waals surface area (Å²) in [7, 11) is 4.91. The van der Waals surface area contributed by atoms with Gasteiger partial charge in [0.15, 0.2) is 11.5 Å². The van der Waals surface area contributed by atoms with E-state index in [0.29, 0.717) is 6.61 Å². The van der Waals surface area contributed by atoms with Gasteiger partial charge < -0.3 is 14.2 Å². The van der Waals surface area contributed by atoms with Gasteiger partial charge in [-0.2, -0.15) is 0 Å². The normalized spacial score (nSPS) is 10.6. The van der Waals surface area contributed by atoms with Crippen LogP contribution in [0, 0.1) is 0 Å². The summed E-state index contributed by atoms with van der Waals surface area (Å²) in [5.74, 6) is 1.47. The van der Waals surface area contributed by atoms with Crippen molar-refractivity contribution in [2.75, 3.05) is 27.9 Å². The molecule has 0 fully saturated rings. The van der Waals surface area contributed by atoms with Crippen molar-refractivity contribution < 1.29 is 14.2 Å². The van der Waals surface area contributed by atoms with Crippen LogP contribution < -0.4 is 9.47 Å². The minimum absolute atomic E-state index is 0.606. The van der Waals surface area contributed by atoms with Crippen LogP contribution in [0.2, 0.25) is 0 Å². The lowest BCUT2D eigenvalue weighted by atomic mass is 10.2. The van der Waals surface area contributed by atoms with Crippen LogP contribution in [0.4, 0.5) is 0 Å². The highest BCUT2D eigenvalue weighted by Gasteiger charge is 2.01. The topological polar surface area (TPSA) is 27.7 Å². The Labute approximate surface area is 90.3 Å². The molecule has 3 heteroatoms. The van der Waals surface area contributed by atoms with Gasteiger partial charge in [-0.05, 0) is 17.7 Å². The molecule has 0 saturated carbocycles. The molecule has 1 aromatic rings. The lowest BCUT2D eigenvalue weighted by Gasteiger charge is -2.07. The monoisotopic (exact) mass is 208 g/mol. The molecule has 15 heavy (non-hydrogen) atoms. The Morgan fingerprint density at radius 2 is 1.80 bits per heavy atom. The maximum absolute atomic E-state index is 5.19. The summed E-state index contributed by atoms with van der Waals surface area (Å²) in [5.41, 5.74) is 1.06. The first-order valence-corrected chi connectivity index (χ1v) is 4.69. The summed E-state index contributed by atoms with van der Waals surface area (Å²) >= 11 is 0. The molecule has 82 valence electrons. The molecule has 0 N–H and O–H groups in total. The van der Waals surface area contributed by atoms with E-state index in [1.54, 1.807) is 21.3 Å². The number of hydrogen-bond acceptors (Lipinski definition) is 3. The van der Waals surface area contributed by atoms with Crippen LogP contribution in [-0.4, -0.2) is 27.9 Å². The Bertz CT molecular complexity index is 332. The summed E-state index contributed by atoms with van der Waals surface area (Å²) in [5, 5.41) is 0. The highest BCUT2D eigenvalue weighted by Crippen LogP contribution is 2.27. The van der Waals surface area contributed by atoms with Gasteiger partial charge in [0.1, 0.15) is 0 Å². The maximum Gasteiger partial charge on any atom is 0.161 e. The zero-order valence-corrected chi connectivity index (χ0v) is 9.32. The fraction of sp³-hybridized carbons (Fsp3) is 0.333. The number of methoxy groups -OCH3 is 3. The van der Waals surface area contributed by atoms with Gasteiger partial charge in [-0.25, -0.2) is 0 Å². The first-order valence-electron chi connectivity index (χ1n) is 4.69. The minimum Gasteiger partial charge on any atom is -0.493 e. The zero-order chi connectivity index (χ0) is 11.1. The minimum atomic E-state index is 0.606. The van der Waals surface area contributed by atoms with E-state index in [2.05, 4.69) is 0 Å². The van der Waals surface area contributed by atoms with Crippen molar-refractivity contribution in [3.05, 3.63) is 29.8 Å². The van der Waals surface area contributed by atoms with E-state index in [4.69, 9.17) is 14.2 Å². The van der Waals surface area contributed by atoms with E-state index in [1.165, 1.54) is 0 Å². The van der Waals surface area contributed by atoms with Gasteiger partial charge in [0.25, 0.3) is 0 Å². The highest BCUT2D eigenvalue weighted by atomic mass is 16.5. The second kappa shape index (κ2) is 6.09. The van der Waals surface area contributed by atoms with Crippen molar-refractivity contribution in [1.82, 2.24) is 0 Å². The van der Waals surface area contributed by atoms with Crippen LogP contribution in [0.3, 0.4) is 0 Å². The molecule has 3 nitrogen and oxygen atoms in total. The summed E-state index contributed by atoms with van der Waals surface area (Å²) in [6, 6.07) is 5.77. The van der Waals surface area contributed by atoms with E-state index in [9.17, 15) is 0 Å². The molecule has 1 aromatic carbocycles. The molecule has 1 rings (SSSR count). The van der Waals surface area contributed by atoms with Gasteiger partial charge in [-0.15, -0.1) is 0 Å². The van der Waals surface area contributed by atoms with Crippen LogP contribution in [0.15, 0.2) is 24.3 Å². The third-order valence-corrected chi connectivity index (χ3v) is 1.98. The highest BCUT2D eigenvalue weighted by molar-refractivity contribution is 5.55. The van der Waals surface area contributed by atoms with Gasteiger partial charge in [-0.1, -0.05) is 18.2 Å². The summed E-state index contributed by atoms with van der Waals surface area (Å²) in [6.45, 7) is 0.606. The van der Waals surface area contributed by atoms with Crippen molar-refractivity contribution in [3.8, 4) is 11.5 Å². The first kappa shape index (κ1) is 11.6. The first-order chi connectivity index (χ1) is 7.31. The molecule has 0 aliphatic carbocycles. The smallest absolute Gasteiger partial charge is 0.161 e. The summed E-state index contributed by atoms with van der Waals surface area (Å²) in [6.07, 6.45) is 3.92. The number of hydrogen-bond donors (Lipinski definition) is 0. The van der Waals surface area contributed by atoms with Crippen molar-refractivity contribution in [2.24, 2.45) is 0 Å². The molecule has 0 spiro atoms. The summed E-state index contributed by atoms with van der Waals surface area (Å²) in [4.78, 5) is 0. The van der Waals surface area contributed by atoms with Crippen LogP contribution in [0.25, 0.3) is 6.08 Å². The lowest BCUT2D eigenvalue weighted by Crippen LogP contribution is -1.90. The fourth-order valence-corrected chi connectivity index (χ4v) is 1.24. The molecule has 0 unspecified atom stereocenters. The van der Waals surface area contributed by atoms with Crippen molar-refractivity contribution in [3.63, 3.8) is 0 Å². The van der Waals surface area contributed by atoms with Gasteiger partial charge in [0.2, 0.25) is 0 Å². The van der Waals surface area contributed by atoms with E-state index >= 15 is 0 Å². The zero-order valence-electron chi connectivity index (χ0n) is 9.32. The second-order valence-electron chi connectivity index (χ2n) is 2.97. The molecule has 0 amide bonds. The second-order valence-corrected chi connectivity index (χ2v) is 2.97. The van der Waals surface area contributed by atoms with Gasteiger partial charge >= 0.3 is 0 Å². The summed E-state index contributed by atoms with van der Waals surface area (Å²) < 4.78 is 15.3. The molecule has 0 heterocycles. The quantitative estimate of drug-likeness (QED) is 0.743. The standard InChI is InChI=1S/C12H16O3/c1-13-8-4-5-10-6-7-11(14-2)12(9-10)15-3/h4-7,9H,8H2,1-3H3/b5-4+. The number of ether oxygens (including phenoxy) is 3. The molecule has 0 aliphatic rings. The average molecular weight is 208 g/mol. The Morgan fingerprint density at radius 1 is 1.07 bits per heavy atom. The predicted molar refractivity (Wildman–Crippen MR) is 60.5 cm³/mol. The van der Waals surface area contributed by atoms with Crippen molar-refractivity contribution in [2.45, 2.75) is 0 Å². The fourth-order valence-electron chi connectivity index (χ4n) is 1.24. The van der Waals surface area contributed by atoms with Crippen LogP contribution >= 0.6 is 0 Å². The van der Waals surface area contributed by atoms with E-state index in [1.807, 2.05) is 30.4 Å². The Balaban J connectivity index is 2.83. The number of rotatable bonds is 5. The molecule has 0 atom stereocenters. The molecule has 0 saturated heterocycles. The van der Waals surface area contributed by atoms with Crippen LogP contribution in [-0.2, 0) is 4.74 Å². The molecular weight excluding hydrogens is 192 g/mol. The largest absolute Gasteiger partial charge is 0.493 e. The van der Waals surface area contributed by atoms with Crippen molar-refractivity contribution in [1.29, 1.82) is 0 Å². The molecule has 0 aromatic heterocycles. The molecule has 0 aliphatic heterocycles. The lowest BCUT2D eigenvalue weighted by molar-refractivity contribution is 0.234. The van der Waals surface area contributed by atoms with Gasteiger partial charge in [-0.3, -0.25) is 0 Å². The van der Waals surface area contributed by atoms with Crippen LogP contribution in [0.1, 0.15) is 5.56 Å². The van der Waals surface area contributed by atoms with Gasteiger partial charge in [0.05, 0.1) is 20.8 Å². The van der Waals surface area contributed by atoms with E-state index < -0.39 is 0 Å². The average Bonchev–Trinajstić information content (AvgIpc) is 2.29. The molecular formula is C12H16O3. The Morgan fingerprint density at radius 3 is 2.40 bits per heavy atom. The van der Waals surface area contributed by atoms with E-state index in [-0.39, 0.29) is 0 Å². The van der Waals surface area contributed by atoms with Crippen molar-refractivity contribution >= 4 is 6.08 Å². The molecule has 0 radical (unpaired) electrons. The van der Waals surface area contributed by atoms with Gasteiger partial charge in [0, 0.05) is 7.11 Å². The number of benzene rings is 1. The maximum atomic E-state index is 5.19. The third kappa shape index (κ3) is 3.29. The molecule has 0 bridgehead atoms. The third-order valence-electron chi connectivity index (χ3n) is 1.98. The van der Waals surface area contributed by atoms with Crippen LogP contribution in [0.5, 0.6) is 11.5 Å².